The third-order valence-electron chi connectivity index (χ3n) is 2.90. The zero-order valence-corrected chi connectivity index (χ0v) is 12.9. The molecule has 1 fully saturated rings. The molecule has 1 heterocycles. The summed E-state index contributed by atoms with van der Waals surface area (Å²) >= 11 is 0. The number of rotatable bonds is 5. The lowest BCUT2D eigenvalue weighted by molar-refractivity contribution is -0.289. The van der Waals surface area contributed by atoms with E-state index >= 15 is 0 Å². The van der Waals surface area contributed by atoms with Crippen molar-refractivity contribution >= 4 is 10.7 Å². The molecule has 1 saturated heterocycles. The van der Waals surface area contributed by atoms with E-state index in [1.54, 1.807) is 0 Å². The minimum Gasteiger partial charge on any atom is -0.388 e. The number of methoxy groups -OCH3 is 1. The van der Waals surface area contributed by atoms with Crippen LogP contribution in [0.25, 0.3) is 0 Å². The van der Waals surface area contributed by atoms with Crippen LogP contribution >= 0.6 is 0 Å². The Morgan fingerprint density at radius 2 is 1.74 bits per heavy atom. The molecule has 1 aliphatic rings. The van der Waals surface area contributed by atoms with Gasteiger partial charge in [-0.05, 0) is 6.42 Å². The van der Waals surface area contributed by atoms with E-state index in [0.29, 0.717) is 12.2 Å². The molecule has 4 unspecified atom stereocenters. The van der Waals surface area contributed by atoms with Gasteiger partial charge in [0.25, 0.3) is 0 Å². The van der Waals surface area contributed by atoms with Gasteiger partial charge < -0.3 is 24.8 Å². The Morgan fingerprint density at radius 1 is 1.16 bits per heavy atom. The second kappa shape index (κ2) is 9.79. The molecular weight excluding hydrogens is 270 g/mol. The number of hydrogen-bond donors (Lipinski definition) is 4. The van der Waals surface area contributed by atoms with Crippen LogP contribution in [0.2, 0.25) is 0 Å². The van der Waals surface area contributed by atoms with E-state index in [9.17, 15) is 15.3 Å². The Morgan fingerprint density at radius 3 is 2.21 bits per heavy atom. The molecule has 1 rings (SSSR count). The maximum atomic E-state index is 9.76. The van der Waals surface area contributed by atoms with Crippen LogP contribution in [0, 0.1) is 4.78 Å². The Hall–Kier alpha value is -0.0500. The molecule has 0 aromatic heterocycles. The minimum absolute atomic E-state index is 0.453. The smallest absolute Gasteiger partial charge is 0.186 e. The van der Waals surface area contributed by atoms with E-state index in [4.69, 9.17) is 14.3 Å². The highest BCUT2D eigenvalue weighted by molar-refractivity contribution is 7.85. The molecule has 1 aliphatic heterocycles. The Kier molecular flexibility index (Phi) is 9.77. The van der Waals surface area contributed by atoms with E-state index in [-0.39, 0.29) is 0 Å². The predicted octanol–water partition coefficient (Wildman–Crippen LogP) is 0.257. The molecule has 0 saturated carbocycles. The summed E-state index contributed by atoms with van der Waals surface area (Å²) in [5, 5.41) is 28.9. The summed E-state index contributed by atoms with van der Waals surface area (Å²) in [7, 11) is 0.919. The van der Waals surface area contributed by atoms with Crippen LogP contribution in [0.4, 0.5) is 0 Å². The van der Waals surface area contributed by atoms with Crippen LogP contribution in [0.1, 0.15) is 27.2 Å². The van der Waals surface area contributed by atoms with Gasteiger partial charge in [0.1, 0.15) is 18.3 Å². The number of hydrogen-bond acceptors (Lipinski definition) is 6. The number of ether oxygens (including phenoxy) is 2. The summed E-state index contributed by atoms with van der Waals surface area (Å²) in [6, 6.07) is 0. The van der Waals surface area contributed by atoms with Crippen molar-refractivity contribution in [2.75, 3.05) is 18.6 Å². The topological polar surface area (TPSA) is 103 Å². The first-order valence-corrected chi connectivity index (χ1v) is 8.18. The van der Waals surface area contributed by atoms with Gasteiger partial charge in [0.05, 0.1) is 6.10 Å². The van der Waals surface area contributed by atoms with Crippen molar-refractivity contribution in [3.8, 4) is 0 Å². The molecule has 116 valence electrons. The van der Waals surface area contributed by atoms with Gasteiger partial charge in [-0.3, -0.25) is 4.78 Å². The van der Waals surface area contributed by atoms with Crippen molar-refractivity contribution in [3.63, 3.8) is 0 Å². The molecule has 7 heteroatoms. The Balaban J connectivity index is 0.00000154. The lowest BCUT2D eigenvalue weighted by atomic mass is 9.97. The monoisotopic (exact) mass is 297 g/mol. The van der Waals surface area contributed by atoms with E-state index < -0.39 is 41.4 Å². The summed E-state index contributed by atoms with van der Waals surface area (Å²) in [6.45, 7) is 5.94. The highest BCUT2D eigenvalue weighted by atomic mass is 32.2. The summed E-state index contributed by atoms with van der Waals surface area (Å²) in [5.41, 5.74) is 0. The van der Waals surface area contributed by atoms with Crippen molar-refractivity contribution in [3.05, 3.63) is 0 Å². The van der Waals surface area contributed by atoms with Crippen molar-refractivity contribution in [1.29, 1.82) is 4.78 Å². The highest BCUT2D eigenvalue weighted by Crippen LogP contribution is 2.23. The van der Waals surface area contributed by atoms with Crippen molar-refractivity contribution in [1.82, 2.24) is 0 Å². The maximum Gasteiger partial charge on any atom is 0.186 e. The van der Waals surface area contributed by atoms with Gasteiger partial charge in [-0.1, -0.05) is 20.8 Å². The zero-order valence-electron chi connectivity index (χ0n) is 12.1. The maximum absolute atomic E-state index is 9.76. The second-order valence-electron chi connectivity index (χ2n) is 4.02. The van der Waals surface area contributed by atoms with Crippen LogP contribution in [0.5, 0.6) is 0 Å². The molecule has 6 atom stereocenters. The van der Waals surface area contributed by atoms with Crippen molar-refractivity contribution in [2.45, 2.75) is 57.9 Å². The van der Waals surface area contributed by atoms with Gasteiger partial charge in [-0.25, -0.2) is 0 Å². The average molecular weight is 297 g/mol. The van der Waals surface area contributed by atoms with Crippen molar-refractivity contribution < 1.29 is 24.8 Å². The van der Waals surface area contributed by atoms with Gasteiger partial charge in [0.2, 0.25) is 0 Å². The summed E-state index contributed by atoms with van der Waals surface area (Å²) < 4.78 is 17.9. The Bertz CT molecular complexity index is 265. The van der Waals surface area contributed by atoms with Crippen molar-refractivity contribution in [2.24, 2.45) is 0 Å². The lowest BCUT2D eigenvalue weighted by Crippen LogP contribution is -2.58. The van der Waals surface area contributed by atoms with Crippen LogP contribution in [-0.4, -0.2) is 64.6 Å². The van der Waals surface area contributed by atoms with E-state index in [1.807, 2.05) is 20.8 Å². The fourth-order valence-electron chi connectivity index (χ4n) is 1.75. The third-order valence-corrected chi connectivity index (χ3v) is 4.32. The fraction of sp³-hybridized carbons (Fsp3) is 1.00. The summed E-state index contributed by atoms with van der Waals surface area (Å²) in [5.74, 6) is 1.37. The molecule has 0 spiro atoms. The molecule has 19 heavy (non-hydrogen) atoms. The van der Waals surface area contributed by atoms with Gasteiger partial charge in [0.15, 0.2) is 6.29 Å². The number of aliphatic hydroxyl groups excluding tert-OH is 3. The first-order valence-electron chi connectivity index (χ1n) is 6.62. The van der Waals surface area contributed by atoms with Gasteiger partial charge in [-0.2, -0.15) is 0 Å². The Labute approximate surface area is 117 Å². The molecule has 4 N–H and O–H groups in total. The fourth-order valence-corrected chi connectivity index (χ4v) is 2.56. The summed E-state index contributed by atoms with van der Waals surface area (Å²) in [6.07, 6.45) is -4.69. The van der Waals surface area contributed by atoms with Gasteiger partial charge in [0, 0.05) is 18.6 Å². The second-order valence-corrected chi connectivity index (χ2v) is 6.00. The standard InChI is InChI=1S/C10H21NO5S.C2H6/c1-3-17(11)5-4-6-7(12)8(13)9(14)10(15-2)16-6;1-2/h6-14H,3-5H2,1-2H3;1-2H3/t6?,7-,8?,9?,10+,17?;/m1./s1. The van der Waals surface area contributed by atoms with Crippen LogP contribution < -0.4 is 0 Å². The molecule has 0 aromatic rings. The molecule has 0 aliphatic carbocycles. The molecular formula is C12H27NO5S. The first kappa shape index (κ1) is 18.9. The van der Waals surface area contributed by atoms with Crippen LogP contribution in [0.3, 0.4) is 0 Å². The quantitative estimate of drug-likeness (QED) is 0.583. The SMILES string of the molecule is CC.CCS(=N)CCC1O[C@H](OC)C(O)C(O)[C@@H]1O. The van der Waals surface area contributed by atoms with Gasteiger partial charge >= 0.3 is 0 Å². The average Bonchev–Trinajstić information content (AvgIpc) is 2.46. The van der Waals surface area contributed by atoms with Crippen LogP contribution in [-0.2, 0) is 20.2 Å². The molecule has 0 bridgehead atoms. The van der Waals surface area contributed by atoms with Crippen LogP contribution in [0.15, 0.2) is 0 Å². The molecule has 0 aromatic carbocycles. The highest BCUT2D eigenvalue weighted by Gasteiger charge is 2.43. The molecule has 0 radical (unpaired) electrons. The molecule has 6 nitrogen and oxygen atoms in total. The normalized spacial score (nSPS) is 36.3. The zero-order chi connectivity index (χ0) is 15.0. The van der Waals surface area contributed by atoms with E-state index in [1.165, 1.54) is 7.11 Å². The predicted molar refractivity (Wildman–Crippen MR) is 75.1 cm³/mol. The number of aliphatic hydroxyl groups is 3. The third kappa shape index (κ3) is 5.45. The lowest BCUT2D eigenvalue weighted by Gasteiger charge is -2.39. The minimum atomic E-state index is -1.27. The van der Waals surface area contributed by atoms with E-state index in [0.717, 1.165) is 5.75 Å². The van der Waals surface area contributed by atoms with E-state index in [2.05, 4.69) is 0 Å². The van der Waals surface area contributed by atoms with Gasteiger partial charge in [-0.15, -0.1) is 10.7 Å². The number of nitrogens with one attached hydrogen (secondary N) is 1. The first-order chi connectivity index (χ1) is 9.01. The largest absolute Gasteiger partial charge is 0.388 e. The summed E-state index contributed by atoms with van der Waals surface area (Å²) in [4.78, 5) is 0. The molecule has 0 amide bonds.